The van der Waals surface area contributed by atoms with Gasteiger partial charge in [-0.2, -0.15) is 0 Å². The molecule has 0 aliphatic heterocycles. The summed E-state index contributed by atoms with van der Waals surface area (Å²) in [7, 11) is 0. The second-order valence-electron chi connectivity index (χ2n) is 8.11. The van der Waals surface area contributed by atoms with Crippen LogP contribution in [0.4, 0.5) is 0 Å². The molecule has 160 valence electrons. The molecular weight excluding hydrogens is 360 g/mol. The van der Waals surface area contributed by atoms with Crippen LogP contribution in [-0.4, -0.2) is 0 Å². The van der Waals surface area contributed by atoms with Crippen molar-refractivity contribution < 1.29 is 0 Å². The quantitative estimate of drug-likeness (QED) is 0.211. The number of benzene rings is 3. The van der Waals surface area contributed by atoms with Gasteiger partial charge >= 0.3 is 0 Å². The van der Waals surface area contributed by atoms with Crippen LogP contribution in [0, 0.1) is 5.92 Å². The highest BCUT2D eigenvalue weighted by atomic mass is 14.3. The van der Waals surface area contributed by atoms with E-state index >= 15 is 0 Å². The number of unbranched alkanes of at least 4 members (excludes halogenated alkanes) is 2. The largest absolute Gasteiger partial charge is 0.106 e. The summed E-state index contributed by atoms with van der Waals surface area (Å²) in [5.41, 5.74) is 3.83. The zero-order valence-corrected chi connectivity index (χ0v) is 19.5. The first kappa shape index (κ1) is 25.4. The molecule has 3 aromatic rings. The second kappa shape index (κ2) is 14.4. The van der Waals surface area contributed by atoms with E-state index < -0.39 is 0 Å². The van der Waals surface area contributed by atoms with E-state index in [4.69, 9.17) is 0 Å². The van der Waals surface area contributed by atoms with Crippen LogP contribution in [-0.2, 0) is 5.41 Å². The Morgan fingerprint density at radius 2 is 0.967 bits per heavy atom. The van der Waals surface area contributed by atoms with Crippen LogP contribution in [0.25, 0.3) is 0 Å². The molecule has 0 spiro atoms. The normalized spacial score (nSPS) is 10.4. The van der Waals surface area contributed by atoms with E-state index in [1.165, 1.54) is 42.4 Å². The topological polar surface area (TPSA) is 0 Å². The lowest BCUT2D eigenvalue weighted by atomic mass is 9.71. The Bertz CT molecular complexity index is 675. The predicted molar refractivity (Wildman–Crippen MR) is 135 cm³/mol. The first-order valence-corrected chi connectivity index (χ1v) is 11.3. The molecule has 0 heterocycles. The van der Waals surface area contributed by atoms with Gasteiger partial charge in [-0.25, -0.2) is 0 Å². The zero-order chi connectivity index (χ0) is 22.2. The van der Waals surface area contributed by atoms with E-state index in [-0.39, 0.29) is 5.41 Å². The molecule has 0 aliphatic carbocycles. The van der Waals surface area contributed by atoms with Crippen LogP contribution >= 0.6 is 0 Å². The maximum atomic E-state index is 3.00. The average molecular weight is 401 g/mol. The smallest absolute Gasteiger partial charge is 0.0423 e. The van der Waals surface area contributed by atoms with Crippen LogP contribution in [0.5, 0.6) is 0 Å². The second-order valence-corrected chi connectivity index (χ2v) is 8.11. The van der Waals surface area contributed by atoms with Crippen LogP contribution in [0.1, 0.15) is 70.1 Å². The van der Waals surface area contributed by atoms with Crippen LogP contribution in [0.3, 0.4) is 0 Å². The summed E-state index contributed by atoms with van der Waals surface area (Å²) in [6, 6.07) is 32.1. The maximum absolute atomic E-state index is 3.00. The third kappa shape index (κ3) is 7.67. The first-order chi connectivity index (χ1) is 14.6. The zero-order valence-electron chi connectivity index (χ0n) is 19.5. The van der Waals surface area contributed by atoms with E-state index in [0.717, 1.165) is 5.92 Å². The molecule has 0 radical (unpaired) electrons. The van der Waals surface area contributed by atoms with Gasteiger partial charge in [0.25, 0.3) is 0 Å². The Morgan fingerprint density at radius 3 is 1.23 bits per heavy atom. The Labute approximate surface area is 185 Å². The molecule has 0 atom stereocenters. The molecule has 3 aromatic carbocycles. The van der Waals surface area contributed by atoms with Gasteiger partial charge in [0.1, 0.15) is 0 Å². The van der Waals surface area contributed by atoms with Crippen molar-refractivity contribution in [2.75, 3.05) is 0 Å². The summed E-state index contributed by atoms with van der Waals surface area (Å²) in [4.78, 5) is 0. The average Bonchev–Trinajstić information content (AvgIpc) is 2.82. The van der Waals surface area contributed by atoms with Crippen LogP contribution < -0.4 is 0 Å². The molecule has 0 nitrogen and oxygen atoms in total. The van der Waals surface area contributed by atoms with Gasteiger partial charge in [-0.05, 0) is 29.5 Å². The van der Waals surface area contributed by atoms with Gasteiger partial charge in [-0.15, -0.1) is 13.2 Å². The van der Waals surface area contributed by atoms with Crippen molar-refractivity contribution in [1.29, 1.82) is 0 Å². The monoisotopic (exact) mass is 400 g/mol. The van der Waals surface area contributed by atoms with Gasteiger partial charge in [0, 0.05) is 5.41 Å². The summed E-state index contributed by atoms with van der Waals surface area (Å²) >= 11 is 0. The van der Waals surface area contributed by atoms with Crippen molar-refractivity contribution in [3.63, 3.8) is 0 Å². The molecule has 3 rings (SSSR count). The highest BCUT2D eigenvalue weighted by Gasteiger charge is 2.30. The lowest BCUT2D eigenvalue weighted by Crippen LogP contribution is -2.25. The molecule has 0 bridgehead atoms. The van der Waals surface area contributed by atoms with Crippen molar-refractivity contribution in [3.05, 3.63) is 121 Å². The SMILES string of the molecule is C=C.CC(c1ccccc1)(c1ccccc1)c1ccccc1.CCCCCC(C)C. The standard InChI is InChI=1S/C20H18.C8H18.C2H4/c1-20(17-11-5-2-6-12-17,18-13-7-3-8-14-18)19-15-9-4-10-16-19;1-4-5-6-7-8(2)3;1-2/h2-16H,1H3;8H,4-7H2,1-3H3;1-2H2. The first-order valence-electron chi connectivity index (χ1n) is 11.3. The van der Waals surface area contributed by atoms with Gasteiger partial charge < -0.3 is 0 Å². The van der Waals surface area contributed by atoms with Crippen molar-refractivity contribution in [3.8, 4) is 0 Å². The van der Waals surface area contributed by atoms with Crippen LogP contribution in [0.2, 0.25) is 0 Å². The summed E-state index contributed by atoms with van der Waals surface area (Å²) < 4.78 is 0. The number of rotatable bonds is 7. The fraction of sp³-hybridized carbons (Fsp3) is 0.333. The van der Waals surface area contributed by atoms with Gasteiger partial charge in [0.05, 0.1) is 0 Å². The molecule has 0 saturated carbocycles. The molecule has 0 aromatic heterocycles. The van der Waals surface area contributed by atoms with Gasteiger partial charge in [0.15, 0.2) is 0 Å². The van der Waals surface area contributed by atoms with Crippen molar-refractivity contribution in [2.45, 2.75) is 58.8 Å². The van der Waals surface area contributed by atoms with E-state index in [1.807, 2.05) is 0 Å². The highest BCUT2D eigenvalue weighted by Crippen LogP contribution is 2.38. The molecular formula is C30H40. The fourth-order valence-electron chi connectivity index (χ4n) is 3.62. The molecule has 0 fully saturated rings. The Kier molecular flexibility index (Phi) is 12.2. The lowest BCUT2D eigenvalue weighted by Gasteiger charge is -2.31. The summed E-state index contributed by atoms with van der Waals surface area (Å²) in [5.74, 6) is 0.904. The van der Waals surface area contributed by atoms with E-state index in [9.17, 15) is 0 Å². The number of hydrogen-bond donors (Lipinski definition) is 0. The molecule has 30 heavy (non-hydrogen) atoms. The van der Waals surface area contributed by atoms with Gasteiger partial charge in [-0.1, -0.05) is 137 Å². The Hall–Kier alpha value is -2.60. The van der Waals surface area contributed by atoms with Gasteiger partial charge in [-0.3, -0.25) is 0 Å². The van der Waals surface area contributed by atoms with E-state index in [1.54, 1.807) is 0 Å². The minimum absolute atomic E-state index is 0.121. The fourth-order valence-corrected chi connectivity index (χ4v) is 3.62. The predicted octanol–water partition coefficient (Wildman–Crippen LogP) is 9.07. The molecule has 0 saturated heterocycles. The Balaban J connectivity index is 0.000000383. The number of hydrogen-bond acceptors (Lipinski definition) is 0. The summed E-state index contributed by atoms with van der Waals surface area (Å²) in [6.07, 6.45) is 5.60. The minimum atomic E-state index is -0.121. The van der Waals surface area contributed by atoms with E-state index in [2.05, 4.69) is 132 Å². The lowest BCUT2D eigenvalue weighted by molar-refractivity contribution is 0.534. The Morgan fingerprint density at radius 1 is 0.633 bits per heavy atom. The van der Waals surface area contributed by atoms with Crippen molar-refractivity contribution >= 4 is 0 Å². The maximum Gasteiger partial charge on any atom is 0.0423 e. The molecule has 0 heteroatoms. The van der Waals surface area contributed by atoms with Gasteiger partial charge in [0.2, 0.25) is 0 Å². The highest BCUT2D eigenvalue weighted by molar-refractivity contribution is 5.49. The summed E-state index contributed by atoms with van der Waals surface area (Å²) in [5, 5.41) is 0. The molecule has 0 amide bonds. The third-order valence-corrected chi connectivity index (χ3v) is 5.44. The van der Waals surface area contributed by atoms with E-state index in [0.29, 0.717) is 0 Å². The molecule has 0 aliphatic rings. The van der Waals surface area contributed by atoms with Crippen molar-refractivity contribution in [2.24, 2.45) is 5.92 Å². The third-order valence-electron chi connectivity index (χ3n) is 5.44. The molecule has 0 N–H and O–H groups in total. The molecule has 0 unspecified atom stereocenters. The summed E-state index contributed by atoms with van der Waals surface area (Å²) in [6.45, 7) is 15.1. The minimum Gasteiger partial charge on any atom is -0.106 e. The van der Waals surface area contributed by atoms with Crippen LogP contribution in [0.15, 0.2) is 104 Å². The van der Waals surface area contributed by atoms with Crippen molar-refractivity contribution in [1.82, 2.24) is 0 Å².